The summed E-state index contributed by atoms with van der Waals surface area (Å²) in [6.07, 6.45) is 1.34. The van der Waals surface area contributed by atoms with Crippen molar-refractivity contribution in [3.63, 3.8) is 0 Å². The monoisotopic (exact) mass is 429 g/mol. The number of hydrogen-bond donors (Lipinski definition) is 2. The number of nitrogens with zero attached hydrogens (tertiary/aromatic N) is 2. The van der Waals surface area contributed by atoms with Crippen molar-refractivity contribution in [3.05, 3.63) is 99.3 Å². The Balaban J connectivity index is 1.66. The average Bonchev–Trinajstić information content (AvgIpc) is 2.71. The van der Waals surface area contributed by atoms with Crippen LogP contribution >= 0.6 is 23.2 Å². The van der Waals surface area contributed by atoms with Crippen LogP contribution in [-0.2, 0) is 13.1 Å². The normalized spacial score (nSPS) is 10.4. The van der Waals surface area contributed by atoms with Crippen LogP contribution in [0.5, 0.6) is 0 Å². The Labute approximate surface area is 177 Å². The highest BCUT2D eigenvalue weighted by atomic mass is 35.5. The molecule has 0 saturated heterocycles. The summed E-state index contributed by atoms with van der Waals surface area (Å²) >= 11 is 11.8. The fourth-order valence-corrected chi connectivity index (χ4v) is 3.06. The van der Waals surface area contributed by atoms with Crippen molar-refractivity contribution < 1.29 is 14.8 Å². The van der Waals surface area contributed by atoms with E-state index in [1.54, 1.807) is 42.5 Å². The lowest BCUT2D eigenvalue weighted by atomic mass is 10.2. The van der Waals surface area contributed by atoms with Gasteiger partial charge in [-0.05, 0) is 47.5 Å². The van der Waals surface area contributed by atoms with Gasteiger partial charge >= 0.3 is 0 Å². The third kappa shape index (κ3) is 5.77. The SMILES string of the molecule is O=C(NCc1cccc(Cl)c1)c1ccnc(C(=O)N(O)Cc2cccc(Cl)c2)c1. The van der Waals surface area contributed by atoms with Gasteiger partial charge in [-0.15, -0.1) is 0 Å². The van der Waals surface area contributed by atoms with Gasteiger partial charge in [0.25, 0.3) is 11.8 Å². The van der Waals surface area contributed by atoms with E-state index in [1.807, 2.05) is 6.07 Å². The second-order valence-electron chi connectivity index (χ2n) is 6.24. The molecular formula is C21H17Cl2N3O3. The van der Waals surface area contributed by atoms with E-state index in [2.05, 4.69) is 10.3 Å². The van der Waals surface area contributed by atoms with Crippen molar-refractivity contribution in [3.8, 4) is 0 Å². The van der Waals surface area contributed by atoms with Crippen molar-refractivity contribution in [2.24, 2.45) is 0 Å². The van der Waals surface area contributed by atoms with Crippen molar-refractivity contribution in [1.29, 1.82) is 0 Å². The molecule has 2 N–H and O–H groups in total. The van der Waals surface area contributed by atoms with E-state index >= 15 is 0 Å². The molecule has 29 heavy (non-hydrogen) atoms. The summed E-state index contributed by atoms with van der Waals surface area (Å²) < 4.78 is 0. The van der Waals surface area contributed by atoms with Crippen LogP contribution in [0.25, 0.3) is 0 Å². The third-order valence-corrected chi connectivity index (χ3v) is 4.51. The Morgan fingerprint density at radius 1 is 0.966 bits per heavy atom. The minimum atomic E-state index is -0.727. The lowest BCUT2D eigenvalue weighted by Crippen LogP contribution is -2.28. The number of halogens is 2. The van der Waals surface area contributed by atoms with Crippen molar-refractivity contribution in [2.75, 3.05) is 0 Å². The van der Waals surface area contributed by atoms with Gasteiger partial charge in [-0.3, -0.25) is 19.8 Å². The second-order valence-corrected chi connectivity index (χ2v) is 7.11. The average molecular weight is 430 g/mol. The Hall–Kier alpha value is -2.93. The molecule has 148 valence electrons. The quantitative estimate of drug-likeness (QED) is 0.450. The lowest BCUT2D eigenvalue weighted by Gasteiger charge is -2.15. The first-order chi connectivity index (χ1) is 13.9. The Morgan fingerprint density at radius 3 is 2.31 bits per heavy atom. The van der Waals surface area contributed by atoms with E-state index in [9.17, 15) is 14.8 Å². The Kier molecular flexibility index (Phi) is 6.82. The standard InChI is InChI=1S/C21H17Cl2N3O3/c22-17-5-1-3-14(9-17)12-25-20(27)16-7-8-24-19(11-16)21(28)26(29)13-15-4-2-6-18(23)10-15/h1-11,29H,12-13H2,(H,25,27). The van der Waals surface area contributed by atoms with E-state index in [1.165, 1.54) is 18.3 Å². The molecule has 3 aromatic rings. The van der Waals surface area contributed by atoms with E-state index in [4.69, 9.17) is 23.2 Å². The second kappa shape index (κ2) is 9.52. The van der Waals surface area contributed by atoms with E-state index in [0.717, 1.165) is 5.56 Å². The van der Waals surface area contributed by atoms with Crippen LogP contribution in [0.3, 0.4) is 0 Å². The van der Waals surface area contributed by atoms with Gasteiger partial charge in [0.05, 0.1) is 6.54 Å². The first-order valence-electron chi connectivity index (χ1n) is 8.66. The van der Waals surface area contributed by atoms with Gasteiger partial charge < -0.3 is 5.32 Å². The lowest BCUT2D eigenvalue weighted by molar-refractivity contribution is -0.0652. The van der Waals surface area contributed by atoms with Crippen molar-refractivity contribution in [1.82, 2.24) is 15.4 Å². The van der Waals surface area contributed by atoms with Gasteiger partial charge in [0.2, 0.25) is 0 Å². The third-order valence-electron chi connectivity index (χ3n) is 4.04. The first-order valence-corrected chi connectivity index (χ1v) is 9.42. The van der Waals surface area contributed by atoms with Crippen molar-refractivity contribution >= 4 is 35.0 Å². The molecule has 3 rings (SSSR count). The molecule has 1 heterocycles. The van der Waals surface area contributed by atoms with Crippen LogP contribution in [0.2, 0.25) is 10.0 Å². The van der Waals surface area contributed by atoms with Crippen LogP contribution in [0.15, 0.2) is 66.9 Å². The molecule has 0 fully saturated rings. The first kappa shape index (κ1) is 20.8. The van der Waals surface area contributed by atoms with Crippen LogP contribution in [0.1, 0.15) is 32.0 Å². The Bertz CT molecular complexity index is 1040. The predicted octanol–water partition coefficient (Wildman–Crippen LogP) is 4.35. The van der Waals surface area contributed by atoms with Crippen LogP contribution in [-0.4, -0.2) is 27.1 Å². The van der Waals surface area contributed by atoms with E-state index in [-0.39, 0.29) is 30.3 Å². The number of carbonyl (C=O) groups is 2. The predicted molar refractivity (Wildman–Crippen MR) is 110 cm³/mol. The largest absolute Gasteiger partial charge is 0.348 e. The summed E-state index contributed by atoms with van der Waals surface area (Å²) in [5.41, 5.74) is 1.70. The van der Waals surface area contributed by atoms with Gasteiger partial charge in [0, 0.05) is 28.4 Å². The molecule has 0 unspecified atom stereocenters. The summed E-state index contributed by atoms with van der Waals surface area (Å²) in [6.45, 7) is 0.220. The topological polar surface area (TPSA) is 82.5 Å². The molecule has 0 spiro atoms. The zero-order valence-corrected chi connectivity index (χ0v) is 16.7. The van der Waals surface area contributed by atoms with E-state index in [0.29, 0.717) is 20.7 Å². The highest BCUT2D eigenvalue weighted by molar-refractivity contribution is 6.30. The van der Waals surface area contributed by atoms with Gasteiger partial charge in [-0.1, -0.05) is 47.5 Å². The van der Waals surface area contributed by atoms with E-state index < -0.39 is 5.91 Å². The number of nitrogens with one attached hydrogen (secondary N) is 1. The number of pyridine rings is 1. The smallest absolute Gasteiger partial charge is 0.296 e. The number of carbonyl (C=O) groups excluding carboxylic acids is 2. The molecule has 0 aliphatic carbocycles. The maximum Gasteiger partial charge on any atom is 0.296 e. The molecule has 2 aromatic carbocycles. The Morgan fingerprint density at radius 2 is 1.62 bits per heavy atom. The number of hydroxylamine groups is 2. The van der Waals surface area contributed by atoms with Gasteiger partial charge in [0.15, 0.2) is 0 Å². The number of benzene rings is 2. The highest BCUT2D eigenvalue weighted by Crippen LogP contribution is 2.14. The number of amides is 2. The molecule has 0 aliphatic heterocycles. The molecule has 2 amide bonds. The van der Waals surface area contributed by atoms with Gasteiger partial charge in [-0.2, -0.15) is 0 Å². The minimum absolute atomic E-state index is 0.0510. The fourth-order valence-electron chi connectivity index (χ4n) is 2.63. The molecule has 6 nitrogen and oxygen atoms in total. The highest BCUT2D eigenvalue weighted by Gasteiger charge is 2.17. The maximum atomic E-state index is 12.5. The molecule has 0 saturated carbocycles. The molecule has 0 atom stereocenters. The molecule has 0 aliphatic rings. The zero-order chi connectivity index (χ0) is 20.8. The van der Waals surface area contributed by atoms with Crippen LogP contribution in [0, 0.1) is 0 Å². The molecule has 0 radical (unpaired) electrons. The van der Waals surface area contributed by atoms with Gasteiger partial charge in [-0.25, -0.2) is 5.06 Å². The number of aromatic nitrogens is 1. The van der Waals surface area contributed by atoms with Gasteiger partial charge in [0.1, 0.15) is 5.69 Å². The summed E-state index contributed by atoms with van der Waals surface area (Å²) in [5.74, 6) is -1.10. The number of hydrogen-bond acceptors (Lipinski definition) is 4. The van der Waals surface area contributed by atoms with Crippen molar-refractivity contribution in [2.45, 2.75) is 13.1 Å². The summed E-state index contributed by atoms with van der Waals surface area (Å²) in [5, 5.41) is 14.5. The molecule has 8 heteroatoms. The molecular weight excluding hydrogens is 413 g/mol. The summed E-state index contributed by atoms with van der Waals surface area (Å²) in [4.78, 5) is 28.8. The van der Waals surface area contributed by atoms with Crippen LogP contribution < -0.4 is 5.32 Å². The maximum absolute atomic E-state index is 12.5. The summed E-state index contributed by atoms with van der Waals surface area (Å²) in [6, 6.07) is 16.7. The molecule has 1 aromatic heterocycles. The summed E-state index contributed by atoms with van der Waals surface area (Å²) in [7, 11) is 0. The minimum Gasteiger partial charge on any atom is -0.348 e. The fraction of sp³-hybridized carbons (Fsp3) is 0.0952. The zero-order valence-electron chi connectivity index (χ0n) is 15.2. The van der Waals surface area contributed by atoms with Crippen LogP contribution in [0.4, 0.5) is 0 Å². The number of rotatable bonds is 6. The molecule has 0 bridgehead atoms.